The van der Waals surface area contributed by atoms with Crippen LogP contribution in [0.3, 0.4) is 0 Å². The number of Topliss-reactive ketones (excluding diaryl/α,β-unsaturated/α-hetero) is 1. The van der Waals surface area contributed by atoms with Gasteiger partial charge in [0, 0.05) is 12.0 Å². The molecule has 0 N–H and O–H groups in total. The van der Waals surface area contributed by atoms with Crippen LogP contribution in [-0.4, -0.2) is 42.0 Å². The molecule has 0 aliphatic heterocycles. The highest BCUT2D eigenvalue weighted by Gasteiger charge is 2.28. The van der Waals surface area contributed by atoms with Crippen molar-refractivity contribution in [2.75, 3.05) is 13.7 Å². The van der Waals surface area contributed by atoms with E-state index >= 15 is 0 Å². The number of carbonyl (C=O) groups excluding carboxylic acids is 1. The van der Waals surface area contributed by atoms with E-state index in [9.17, 15) is 4.79 Å². The first-order valence-corrected chi connectivity index (χ1v) is 6.46. The summed E-state index contributed by atoms with van der Waals surface area (Å²) < 4.78 is 5.77. The Morgan fingerprint density at radius 1 is 1.18 bits per heavy atom. The van der Waals surface area contributed by atoms with Crippen LogP contribution in [0.2, 0.25) is 0 Å². The maximum atomic E-state index is 12.2. The predicted octanol–water partition coefficient (Wildman–Crippen LogP) is 2.74. The summed E-state index contributed by atoms with van der Waals surface area (Å²) in [5, 5.41) is 0. The van der Waals surface area contributed by atoms with Crippen molar-refractivity contribution >= 4 is 5.78 Å². The third-order valence-corrected chi connectivity index (χ3v) is 2.88. The van der Waals surface area contributed by atoms with Crippen LogP contribution in [0.4, 0.5) is 0 Å². The zero-order valence-electron chi connectivity index (χ0n) is 12.7. The van der Waals surface area contributed by atoms with E-state index < -0.39 is 0 Å². The lowest BCUT2D eigenvalue weighted by Crippen LogP contribution is -2.48. The smallest absolute Gasteiger partial charge is 0.154 e. The molecule has 0 aromatic carbocycles. The Morgan fingerprint density at radius 3 is 1.94 bits per heavy atom. The van der Waals surface area contributed by atoms with Crippen LogP contribution in [0.15, 0.2) is 0 Å². The van der Waals surface area contributed by atoms with E-state index in [0.29, 0.717) is 12.6 Å². The maximum absolute atomic E-state index is 12.2. The summed E-state index contributed by atoms with van der Waals surface area (Å²) in [6.45, 7) is 14.6. The Labute approximate surface area is 107 Å². The van der Waals surface area contributed by atoms with Gasteiger partial charge in [0.15, 0.2) is 5.78 Å². The zero-order valence-corrected chi connectivity index (χ0v) is 12.7. The highest BCUT2D eigenvalue weighted by molar-refractivity contribution is 5.85. The summed E-state index contributed by atoms with van der Waals surface area (Å²) in [5.74, 6) is 0.301. The number of likely N-dealkylation sites (N-methyl/N-ethyl adjacent to an activating group) is 1. The minimum Gasteiger partial charge on any atom is -0.374 e. The summed E-state index contributed by atoms with van der Waals surface area (Å²) in [5.41, 5.74) is -0.201. The highest BCUT2D eigenvalue weighted by Crippen LogP contribution is 2.14. The Kier molecular flexibility index (Phi) is 6.35. The molecule has 0 radical (unpaired) electrons. The normalized spacial score (nSPS) is 14.8. The molecule has 0 unspecified atom stereocenters. The number of hydrogen-bond donors (Lipinski definition) is 0. The van der Waals surface area contributed by atoms with Crippen molar-refractivity contribution in [2.24, 2.45) is 5.92 Å². The van der Waals surface area contributed by atoms with Crippen LogP contribution in [0.5, 0.6) is 0 Å². The second-order valence-corrected chi connectivity index (χ2v) is 6.26. The first-order valence-electron chi connectivity index (χ1n) is 6.46. The van der Waals surface area contributed by atoms with Gasteiger partial charge >= 0.3 is 0 Å². The molecule has 0 rings (SSSR count). The van der Waals surface area contributed by atoms with E-state index in [1.807, 2.05) is 41.7 Å². The van der Waals surface area contributed by atoms with E-state index in [2.05, 4.69) is 18.7 Å². The second-order valence-electron chi connectivity index (χ2n) is 6.26. The van der Waals surface area contributed by atoms with Gasteiger partial charge in [0.25, 0.3) is 0 Å². The number of carbonyl (C=O) groups is 1. The fourth-order valence-electron chi connectivity index (χ4n) is 1.47. The Bertz CT molecular complexity index is 241. The third-order valence-electron chi connectivity index (χ3n) is 2.88. The van der Waals surface area contributed by atoms with Crippen LogP contribution in [0.25, 0.3) is 0 Å². The average Bonchev–Trinajstić information content (AvgIpc) is 2.15. The zero-order chi connectivity index (χ0) is 13.8. The first-order chi connectivity index (χ1) is 7.56. The summed E-state index contributed by atoms with van der Waals surface area (Å²) in [4.78, 5) is 14.3. The predicted molar refractivity (Wildman–Crippen MR) is 72.2 cm³/mol. The van der Waals surface area contributed by atoms with Crippen LogP contribution in [-0.2, 0) is 9.53 Å². The van der Waals surface area contributed by atoms with Crippen molar-refractivity contribution in [1.82, 2.24) is 4.90 Å². The lowest BCUT2D eigenvalue weighted by Gasteiger charge is -2.33. The van der Waals surface area contributed by atoms with Crippen molar-refractivity contribution in [2.45, 2.75) is 66.2 Å². The quantitative estimate of drug-likeness (QED) is 0.718. The Morgan fingerprint density at radius 2 is 1.65 bits per heavy atom. The van der Waals surface area contributed by atoms with Gasteiger partial charge in [0.1, 0.15) is 0 Å². The van der Waals surface area contributed by atoms with E-state index in [0.717, 1.165) is 0 Å². The summed E-state index contributed by atoms with van der Waals surface area (Å²) in [6, 6.07) is 0.195. The molecule has 0 aliphatic rings. The number of nitrogens with zero attached hydrogens (tertiary/aromatic N) is 1. The van der Waals surface area contributed by atoms with Crippen LogP contribution >= 0.6 is 0 Å². The van der Waals surface area contributed by atoms with Gasteiger partial charge in [0.05, 0.1) is 18.2 Å². The van der Waals surface area contributed by atoms with E-state index in [1.165, 1.54) is 0 Å². The van der Waals surface area contributed by atoms with Gasteiger partial charge in [-0.15, -0.1) is 0 Å². The fourth-order valence-corrected chi connectivity index (χ4v) is 1.47. The molecule has 0 aliphatic carbocycles. The van der Waals surface area contributed by atoms with E-state index in [1.54, 1.807) is 0 Å². The third kappa shape index (κ3) is 6.18. The molecule has 102 valence electrons. The van der Waals surface area contributed by atoms with Gasteiger partial charge in [-0.1, -0.05) is 13.8 Å². The Hall–Kier alpha value is -0.410. The minimum absolute atomic E-state index is 0.0461. The number of hydrogen-bond acceptors (Lipinski definition) is 3. The molecule has 0 saturated carbocycles. The van der Waals surface area contributed by atoms with Gasteiger partial charge in [-0.25, -0.2) is 0 Å². The summed E-state index contributed by atoms with van der Waals surface area (Å²) in [7, 11) is 1.99. The van der Waals surface area contributed by atoms with Crippen molar-refractivity contribution in [3.8, 4) is 0 Å². The molecular weight excluding hydrogens is 214 g/mol. The first kappa shape index (κ1) is 16.6. The van der Waals surface area contributed by atoms with Gasteiger partial charge < -0.3 is 4.74 Å². The van der Waals surface area contributed by atoms with Crippen molar-refractivity contribution in [3.05, 3.63) is 0 Å². The number of ketones is 1. The lowest BCUT2D eigenvalue weighted by molar-refractivity contribution is -0.132. The lowest BCUT2D eigenvalue weighted by atomic mass is 10.00. The highest BCUT2D eigenvalue weighted by atomic mass is 16.5. The van der Waals surface area contributed by atoms with Crippen LogP contribution in [0.1, 0.15) is 48.5 Å². The molecule has 0 amide bonds. The van der Waals surface area contributed by atoms with E-state index in [4.69, 9.17) is 4.74 Å². The molecule has 0 aromatic rings. The Balaban J connectivity index is 4.69. The number of rotatable bonds is 6. The van der Waals surface area contributed by atoms with Crippen molar-refractivity contribution < 1.29 is 9.53 Å². The molecule has 3 nitrogen and oxygen atoms in total. The molecule has 0 spiro atoms. The van der Waals surface area contributed by atoms with Gasteiger partial charge in [-0.3, -0.25) is 9.69 Å². The molecular formula is C14H29NO2. The SMILES string of the molecule is CC(C)C(=O)[C@@H](COC(C)(C)C)N(C)C(C)C. The monoisotopic (exact) mass is 243 g/mol. The molecule has 0 bridgehead atoms. The van der Waals surface area contributed by atoms with Crippen molar-refractivity contribution in [3.63, 3.8) is 0 Å². The molecule has 17 heavy (non-hydrogen) atoms. The topological polar surface area (TPSA) is 29.5 Å². The van der Waals surface area contributed by atoms with Crippen LogP contribution in [0, 0.1) is 5.92 Å². The van der Waals surface area contributed by atoms with Crippen molar-refractivity contribution in [1.29, 1.82) is 0 Å². The fraction of sp³-hybridized carbons (Fsp3) is 0.929. The van der Waals surface area contributed by atoms with E-state index in [-0.39, 0.29) is 23.3 Å². The van der Waals surface area contributed by atoms with Gasteiger partial charge in [0.2, 0.25) is 0 Å². The van der Waals surface area contributed by atoms with Gasteiger partial charge in [-0.05, 0) is 41.7 Å². The summed E-state index contributed by atoms with van der Waals surface area (Å²) >= 11 is 0. The summed E-state index contributed by atoms with van der Waals surface area (Å²) in [6.07, 6.45) is 0. The second kappa shape index (κ2) is 6.50. The largest absolute Gasteiger partial charge is 0.374 e. The minimum atomic E-state index is -0.201. The van der Waals surface area contributed by atoms with Gasteiger partial charge in [-0.2, -0.15) is 0 Å². The molecule has 0 heterocycles. The maximum Gasteiger partial charge on any atom is 0.154 e. The molecule has 0 fully saturated rings. The molecule has 1 atom stereocenters. The van der Waals surface area contributed by atoms with Crippen LogP contribution < -0.4 is 0 Å². The number of ether oxygens (including phenoxy) is 1. The molecule has 3 heteroatoms. The standard InChI is InChI=1S/C14H29NO2/c1-10(2)13(16)12(15(8)11(3)4)9-17-14(5,6)7/h10-12H,9H2,1-8H3/t12-/m1/s1. The molecule has 0 saturated heterocycles. The average molecular weight is 243 g/mol. The molecule has 0 aromatic heterocycles.